The molecule has 0 spiro atoms. The van der Waals surface area contributed by atoms with Crippen LogP contribution in [0.15, 0.2) is 18.6 Å². The van der Waals surface area contributed by atoms with E-state index in [1.807, 2.05) is 24.0 Å². The zero-order valence-electron chi connectivity index (χ0n) is 10.5. The summed E-state index contributed by atoms with van der Waals surface area (Å²) in [5, 5.41) is 0. The van der Waals surface area contributed by atoms with Crippen molar-refractivity contribution in [3.63, 3.8) is 0 Å². The van der Waals surface area contributed by atoms with Crippen LogP contribution >= 0.6 is 0 Å². The second kappa shape index (κ2) is 4.49. The molecule has 0 saturated heterocycles. The summed E-state index contributed by atoms with van der Waals surface area (Å²) in [5.74, 6) is 1.49. The van der Waals surface area contributed by atoms with E-state index in [4.69, 9.17) is 5.73 Å². The van der Waals surface area contributed by atoms with Crippen LogP contribution in [0.2, 0.25) is 0 Å². The van der Waals surface area contributed by atoms with Gasteiger partial charge in [0.15, 0.2) is 11.6 Å². The van der Waals surface area contributed by atoms with Crippen LogP contribution in [0.1, 0.15) is 36.6 Å². The first kappa shape index (κ1) is 11.3. The van der Waals surface area contributed by atoms with Crippen LogP contribution in [0.25, 0.3) is 11.6 Å². The number of aryl methyl sites for hydroxylation is 2. The summed E-state index contributed by atoms with van der Waals surface area (Å²) in [6.45, 7) is 0. The molecule has 18 heavy (non-hydrogen) atoms. The van der Waals surface area contributed by atoms with Crippen LogP contribution in [0.4, 0.5) is 0 Å². The fraction of sp³-hybridized carbons (Fsp3) is 0.462. The third-order valence-electron chi connectivity index (χ3n) is 3.50. The number of imidazole rings is 1. The minimum Gasteiger partial charge on any atom is -0.331 e. The molecule has 0 bridgehead atoms. The molecule has 0 amide bonds. The Kier molecular flexibility index (Phi) is 2.83. The number of rotatable bonds is 1. The zero-order valence-corrected chi connectivity index (χ0v) is 10.5. The van der Waals surface area contributed by atoms with Crippen LogP contribution in [-0.2, 0) is 13.5 Å². The van der Waals surface area contributed by atoms with Crippen molar-refractivity contribution < 1.29 is 0 Å². The predicted octanol–water partition coefficient (Wildman–Crippen LogP) is 1.60. The number of aromatic nitrogens is 4. The van der Waals surface area contributed by atoms with Gasteiger partial charge in [0.2, 0.25) is 0 Å². The Bertz CT molecular complexity index is 560. The number of hydrogen-bond donors (Lipinski definition) is 1. The van der Waals surface area contributed by atoms with Crippen molar-refractivity contribution in [2.75, 3.05) is 0 Å². The Morgan fingerprint density at radius 1 is 1.33 bits per heavy atom. The Morgan fingerprint density at radius 2 is 2.22 bits per heavy atom. The molecule has 5 heteroatoms. The quantitative estimate of drug-likeness (QED) is 0.772. The van der Waals surface area contributed by atoms with E-state index >= 15 is 0 Å². The molecule has 2 heterocycles. The van der Waals surface area contributed by atoms with Gasteiger partial charge in [0, 0.05) is 42.9 Å². The van der Waals surface area contributed by atoms with E-state index in [1.54, 1.807) is 6.20 Å². The Labute approximate surface area is 106 Å². The fourth-order valence-corrected chi connectivity index (χ4v) is 2.44. The topological polar surface area (TPSA) is 69.6 Å². The molecule has 1 aliphatic rings. The maximum absolute atomic E-state index is 6.14. The second-order valence-electron chi connectivity index (χ2n) is 4.81. The molecule has 2 aromatic heterocycles. The molecule has 3 rings (SSSR count). The van der Waals surface area contributed by atoms with Crippen molar-refractivity contribution in [2.24, 2.45) is 12.8 Å². The van der Waals surface area contributed by atoms with Gasteiger partial charge < -0.3 is 10.3 Å². The van der Waals surface area contributed by atoms with Gasteiger partial charge in [0.1, 0.15) is 0 Å². The molecule has 5 nitrogen and oxygen atoms in total. The van der Waals surface area contributed by atoms with Gasteiger partial charge in [-0.15, -0.1) is 0 Å². The van der Waals surface area contributed by atoms with Crippen LogP contribution in [0, 0.1) is 0 Å². The van der Waals surface area contributed by atoms with Crippen molar-refractivity contribution in [3.8, 4) is 11.6 Å². The van der Waals surface area contributed by atoms with Gasteiger partial charge in [-0.05, 0) is 19.3 Å². The van der Waals surface area contributed by atoms with Gasteiger partial charge in [-0.2, -0.15) is 0 Å². The molecule has 0 fully saturated rings. The number of fused-ring (bicyclic) bond motifs is 1. The van der Waals surface area contributed by atoms with E-state index in [2.05, 4.69) is 15.0 Å². The van der Waals surface area contributed by atoms with E-state index in [9.17, 15) is 0 Å². The highest BCUT2D eigenvalue weighted by atomic mass is 15.1. The Hall–Kier alpha value is -1.75. The lowest BCUT2D eigenvalue weighted by molar-refractivity contribution is 0.614. The minimum atomic E-state index is 0.0814. The highest BCUT2D eigenvalue weighted by Crippen LogP contribution is 2.26. The van der Waals surface area contributed by atoms with Crippen LogP contribution in [0.3, 0.4) is 0 Å². The molecule has 94 valence electrons. The predicted molar refractivity (Wildman–Crippen MR) is 68.7 cm³/mol. The summed E-state index contributed by atoms with van der Waals surface area (Å²) in [7, 11) is 1.95. The van der Waals surface area contributed by atoms with Crippen molar-refractivity contribution in [1.82, 2.24) is 19.5 Å². The average molecular weight is 243 g/mol. The average Bonchev–Trinajstić information content (AvgIpc) is 2.71. The smallest absolute Gasteiger partial charge is 0.196 e. The van der Waals surface area contributed by atoms with Crippen molar-refractivity contribution in [3.05, 3.63) is 29.8 Å². The number of nitrogens with zero attached hydrogens (tertiary/aromatic N) is 4. The summed E-state index contributed by atoms with van der Waals surface area (Å²) in [5.41, 5.74) is 8.34. The van der Waals surface area contributed by atoms with Gasteiger partial charge >= 0.3 is 0 Å². The summed E-state index contributed by atoms with van der Waals surface area (Å²) >= 11 is 0. The lowest BCUT2D eigenvalue weighted by Crippen LogP contribution is -2.13. The molecule has 1 atom stereocenters. The van der Waals surface area contributed by atoms with Gasteiger partial charge in [0.25, 0.3) is 0 Å². The number of nitrogens with two attached hydrogens (primary N) is 1. The SMILES string of the molecule is Cn1ccnc1-c1ncc2c(n1)CCCCC2N. The molecule has 1 aliphatic carbocycles. The normalized spacial score (nSPS) is 19.3. The van der Waals surface area contributed by atoms with E-state index in [1.165, 1.54) is 0 Å². The highest BCUT2D eigenvalue weighted by Gasteiger charge is 2.18. The third kappa shape index (κ3) is 1.90. The van der Waals surface area contributed by atoms with E-state index in [0.29, 0.717) is 5.82 Å². The summed E-state index contributed by atoms with van der Waals surface area (Å²) in [6, 6.07) is 0.0814. The highest BCUT2D eigenvalue weighted by molar-refractivity contribution is 5.45. The van der Waals surface area contributed by atoms with Gasteiger partial charge in [-0.25, -0.2) is 15.0 Å². The van der Waals surface area contributed by atoms with E-state index < -0.39 is 0 Å². The first-order chi connectivity index (χ1) is 8.75. The van der Waals surface area contributed by atoms with Crippen molar-refractivity contribution in [1.29, 1.82) is 0 Å². The molecule has 0 aromatic carbocycles. The van der Waals surface area contributed by atoms with Gasteiger partial charge in [0.05, 0.1) is 0 Å². The van der Waals surface area contributed by atoms with E-state index in [0.717, 1.165) is 42.8 Å². The minimum absolute atomic E-state index is 0.0814. The summed E-state index contributed by atoms with van der Waals surface area (Å²) < 4.78 is 1.93. The van der Waals surface area contributed by atoms with Crippen molar-refractivity contribution >= 4 is 0 Å². The van der Waals surface area contributed by atoms with Gasteiger partial charge in [-0.1, -0.05) is 6.42 Å². The Balaban J connectivity index is 2.05. The lowest BCUT2D eigenvalue weighted by Gasteiger charge is -2.12. The molecule has 2 N–H and O–H groups in total. The van der Waals surface area contributed by atoms with Crippen LogP contribution in [0.5, 0.6) is 0 Å². The summed E-state index contributed by atoms with van der Waals surface area (Å²) in [4.78, 5) is 13.3. The zero-order chi connectivity index (χ0) is 12.5. The lowest BCUT2D eigenvalue weighted by atomic mass is 10.1. The second-order valence-corrected chi connectivity index (χ2v) is 4.81. The van der Waals surface area contributed by atoms with Crippen molar-refractivity contribution in [2.45, 2.75) is 31.7 Å². The molecular weight excluding hydrogens is 226 g/mol. The standard InChI is InChI=1S/C13H17N5/c1-18-7-6-15-13(18)12-16-8-9-10(14)4-2-3-5-11(9)17-12/h6-8,10H,2-5,14H2,1H3. The fourth-order valence-electron chi connectivity index (χ4n) is 2.44. The summed E-state index contributed by atoms with van der Waals surface area (Å²) in [6.07, 6.45) is 9.86. The van der Waals surface area contributed by atoms with E-state index in [-0.39, 0.29) is 6.04 Å². The third-order valence-corrected chi connectivity index (χ3v) is 3.50. The van der Waals surface area contributed by atoms with Gasteiger partial charge in [-0.3, -0.25) is 0 Å². The largest absolute Gasteiger partial charge is 0.331 e. The first-order valence-electron chi connectivity index (χ1n) is 6.35. The van der Waals surface area contributed by atoms with Crippen LogP contribution in [-0.4, -0.2) is 19.5 Å². The molecule has 0 aliphatic heterocycles. The maximum Gasteiger partial charge on any atom is 0.196 e. The molecule has 1 unspecified atom stereocenters. The van der Waals surface area contributed by atoms with Crippen LogP contribution < -0.4 is 5.73 Å². The first-order valence-corrected chi connectivity index (χ1v) is 6.35. The molecule has 0 saturated carbocycles. The molecular formula is C13H17N5. The molecule has 2 aromatic rings. The number of hydrogen-bond acceptors (Lipinski definition) is 4. The maximum atomic E-state index is 6.14. The molecule has 0 radical (unpaired) electrons. The monoisotopic (exact) mass is 243 g/mol. The Morgan fingerprint density at radius 3 is 3.00 bits per heavy atom.